The van der Waals surface area contributed by atoms with Crippen molar-refractivity contribution in [1.82, 2.24) is 4.72 Å². The Kier molecular flexibility index (Phi) is 21.4. The number of hydrogen-bond acceptors (Lipinski definition) is 8. The van der Waals surface area contributed by atoms with Crippen molar-refractivity contribution in [1.29, 1.82) is 0 Å². The molecule has 10 nitrogen and oxygen atoms in total. The van der Waals surface area contributed by atoms with Gasteiger partial charge in [-0.25, -0.2) is 31.1 Å². The van der Waals surface area contributed by atoms with Crippen LogP contribution in [0.25, 0.3) is 4.72 Å². The van der Waals surface area contributed by atoms with Crippen molar-refractivity contribution >= 4 is 42.9 Å². The summed E-state index contributed by atoms with van der Waals surface area (Å²) >= 11 is 0. The van der Waals surface area contributed by atoms with Gasteiger partial charge in [0.05, 0.1) is 17.5 Å². The van der Waals surface area contributed by atoms with E-state index in [2.05, 4.69) is 118 Å². The average Bonchev–Trinajstić information content (AvgIpc) is 3.06. The molecule has 0 fully saturated rings. The number of carbonyl (C=O) groups excluding carboxylic acids is 2. The Balaban J connectivity index is 0.000000750. The van der Waals surface area contributed by atoms with Gasteiger partial charge in [-0.2, -0.15) is 26.3 Å². The van der Waals surface area contributed by atoms with Crippen LogP contribution < -0.4 is 34.3 Å². The fourth-order valence-electron chi connectivity index (χ4n) is 3.09. The third kappa shape index (κ3) is 17.6. The van der Waals surface area contributed by atoms with Crippen LogP contribution in [0.5, 0.6) is 0 Å². The molecule has 0 aliphatic heterocycles. The first-order valence-corrected chi connectivity index (χ1v) is 18.4. The van der Waals surface area contributed by atoms with Crippen LogP contribution in [-0.2, 0) is 50.0 Å². The zero-order valence-corrected chi connectivity index (χ0v) is 32.6. The van der Waals surface area contributed by atoms with E-state index in [9.17, 15) is 52.8 Å². The standard InChI is InChI=1S/C18H15S.C7H10F3NO4S.C7H9F3NO4S.Na/c1-4-10-16(11-5-1)19(17-12-6-2-7-13-17)18-14-8-3-9-15-18;2*1-5(2)6(12)15-4-3-11-16(13,14)7(8,9)10;/h1-15H;11H,1,3-4H2,2H3;1,3-4H2,2H3;/q+1;;-1;+1. The first-order valence-electron chi connectivity index (χ1n) is 14.2. The molecule has 0 unspecified atom stereocenters. The van der Waals surface area contributed by atoms with Crippen LogP contribution in [-0.4, -0.2) is 66.1 Å². The minimum atomic E-state index is -5.50. The molecular formula is C32H34F6N2NaO8S3+. The van der Waals surface area contributed by atoms with Gasteiger partial charge in [0, 0.05) is 17.7 Å². The van der Waals surface area contributed by atoms with Crippen LogP contribution in [0.1, 0.15) is 13.8 Å². The van der Waals surface area contributed by atoms with E-state index in [1.54, 1.807) is 0 Å². The first-order chi connectivity index (χ1) is 23.6. The number of carbonyl (C=O) groups is 2. The summed E-state index contributed by atoms with van der Waals surface area (Å²) < 4.78 is 125. The number of benzene rings is 3. The van der Waals surface area contributed by atoms with Gasteiger partial charge in [0.15, 0.2) is 24.7 Å². The molecule has 0 saturated heterocycles. The van der Waals surface area contributed by atoms with Crippen LogP contribution in [0.3, 0.4) is 0 Å². The van der Waals surface area contributed by atoms with Gasteiger partial charge < -0.3 is 14.2 Å². The smallest absolute Gasteiger partial charge is 0.538 e. The van der Waals surface area contributed by atoms with Crippen LogP contribution in [0.2, 0.25) is 0 Å². The van der Waals surface area contributed by atoms with Gasteiger partial charge in [-0.1, -0.05) is 67.8 Å². The summed E-state index contributed by atoms with van der Waals surface area (Å²) in [5.41, 5.74) is -10.7. The van der Waals surface area contributed by atoms with E-state index in [0.717, 1.165) is 0 Å². The summed E-state index contributed by atoms with van der Waals surface area (Å²) in [5.74, 6) is -1.62. The van der Waals surface area contributed by atoms with Crippen molar-refractivity contribution in [3.63, 3.8) is 0 Å². The molecule has 0 aliphatic rings. The fourth-order valence-corrected chi connectivity index (χ4v) is 6.18. The van der Waals surface area contributed by atoms with E-state index in [1.165, 1.54) is 33.3 Å². The Morgan fingerprint density at radius 1 is 0.673 bits per heavy atom. The van der Waals surface area contributed by atoms with Crippen molar-refractivity contribution in [2.75, 3.05) is 26.3 Å². The molecule has 0 radical (unpaired) electrons. The molecule has 3 aromatic rings. The molecule has 0 aromatic heterocycles. The van der Waals surface area contributed by atoms with Crippen molar-refractivity contribution in [2.24, 2.45) is 0 Å². The molecule has 0 bridgehead atoms. The van der Waals surface area contributed by atoms with Gasteiger partial charge in [0.25, 0.3) is 0 Å². The van der Waals surface area contributed by atoms with Crippen LogP contribution >= 0.6 is 0 Å². The molecule has 3 rings (SSSR count). The number of sulfonamides is 2. The summed E-state index contributed by atoms with van der Waals surface area (Å²) in [6.45, 7) is 6.65. The molecule has 0 atom stereocenters. The Labute approximate surface area is 323 Å². The van der Waals surface area contributed by atoms with Gasteiger partial charge in [0.2, 0.25) is 0 Å². The number of nitrogens with one attached hydrogen (secondary N) is 1. The van der Waals surface area contributed by atoms with Crippen LogP contribution in [0.15, 0.2) is 130 Å². The summed E-state index contributed by atoms with van der Waals surface area (Å²) in [7, 11) is -10.9. The fraction of sp³-hybridized carbons (Fsp3) is 0.250. The van der Waals surface area contributed by atoms with Gasteiger partial charge in [0.1, 0.15) is 6.61 Å². The van der Waals surface area contributed by atoms with Crippen molar-refractivity contribution < 1.29 is 91.8 Å². The average molecular weight is 808 g/mol. The molecule has 0 saturated carbocycles. The first kappa shape index (κ1) is 48.8. The molecule has 280 valence electrons. The maximum atomic E-state index is 11.8. The third-order valence-corrected chi connectivity index (χ3v) is 9.98. The number of ether oxygens (including phenoxy) is 2. The zero-order chi connectivity index (χ0) is 38.9. The minimum absolute atomic E-state index is 0. The molecule has 3 aromatic carbocycles. The van der Waals surface area contributed by atoms with Gasteiger partial charge >= 0.3 is 62.5 Å². The molecule has 20 heteroatoms. The van der Waals surface area contributed by atoms with E-state index in [-0.39, 0.29) is 51.6 Å². The number of alkyl halides is 6. The zero-order valence-electron chi connectivity index (χ0n) is 28.1. The normalized spacial score (nSPS) is 11.4. The topological polar surface area (TPSA) is 147 Å². The third-order valence-electron chi connectivity index (χ3n) is 5.44. The molecule has 0 spiro atoms. The summed E-state index contributed by atoms with van der Waals surface area (Å²) in [5, 5.41) is 0. The molecule has 0 amide bonds. The predicted octanol–water partition coefficient (Wildman–Crippen LogP) is 3.66. The van der Waals surface area contributed by atoms with Crippen molar-refractivity contribution in [3.8, 4) is 0 Å². The summed E-state index contributed by atoms with van der Waals surface area (Å²) in [6, 6.07) is 32.2. The summed E-state index contributed by atoms with van der Waals surface area (Å²) in [4.78, 5) is 25.6. The number of rotatable bonds is 13. The van der Waals surface area contributed by atoms with E-state index in [4.69, 9.17) is 0 Å². The maximum Gasteiger partial charge on any atom is 1.00 e. The quantitative estimate of drug-likeness (QED) is 0.0688. The molecule has 0 aliphatic carbocycles. The Morgan fingerprint density at radius 3 is 1.33 bits per heavy atom. The number of hydrogen-bond donors (Lipinski definition) is 1. The van der Waals surface area contributed by atoms with Gasteiger partial charge in [-0.3, -0.25) is 0 Å². The molecule has 52 heavy (non-hydrogen) atoms. The van der Waals surface area contributed by atoms with Gasteiger partial charge in [-0.05, 0) is 50.2 Å². The predicted molar refractivity (Wildman–Crippen MR) is 179 cm³/mol. The molecule has 1 N–H and O–H groups in total. The van der Waals surface area contributed by atoms with Crippen LogP contribution in [0.4, 0.5) is 26.3 Å². The second kappa shape index (κ2) is 22.8. The largest absolute Gasteiger partial charge is 1.00 e. The van der Waals surface area contributed by atoms with E-state index >= 15 is 0 Å². The van der Waals surface area contributed by atoms with E-state index in [0.29, 0.717) is 0 Å². The maximum absolute atomic E-state index is 11.8. The Morgan fingerprint density at radius 2 is 1.02 bits per heavy atom. The van der Waals surface area contributed by atoms with E-state index < -0.39 is 69.3 Å². The SMILES string of the molecule is C=C(C)C(=O)OCCNS(=O)(=O)C(F)(F)F.C=C(C)C(=O)OCC[N-]S(=O)(=O)C(F)(F)F.[Na+].c1ccc([S+](c2ccccc2)c2ccccc2)cc1. The minimum Gasteiger partial charge on any atom is -0.538 e. The number of nitrogens with zero attached hydrogens (tertiary/aromatic N) is 1. The monoisotopic (exact) mass is 807 g/mol. The summed E-state index contributed by atoms with van der Waals surface area (Å²) in [6.07, 6.45) is 0. The van der Waals surface area contributed by atoms with Crippen molar-refractivity contribution in [3.05, 3.63) is 120 Å². The molecule has 0 heterocycles. The van der Waals surface area contributed by atoms with E-state index in [1.807, 2.05) is 0 Å². The van der Waals surface area contributed by atoms with Gasteiger partial charge in [-0.15, -0.1) is 6.54 Å². The second-order valence-electron chi connectivity index (χ2n) is 9.69. The second-order valence-corrected chi connectivity index (χ2v) is 15.2. The van der Waals surface area contributed by atoms with Crippen LogP contribution in [0, 0.1) is 0 Å². The number of esters is 2. The van der Waals surface area contributed by atoms with Crippen molar-refractivity contribution in [2.45, 2.75) is 39.6 Å². The Bertz CT molecular complexity index is 1630. The Hall–Kier alpha value is -3.17. The number of halogens is 6. The molecular weight excluding hydrogens is 774 g/mol.